The van der Waals surface area contributed by atoms with Crippen LogP contribution in [-0.2, 0) is 9.47 Å². The van der Waals surface area contributed by atoms with Crippen molar-refractivity contribution >= 4 is 11.8 Å². The van der Waals surface area contributed by atoms with Gasteiger partial charge in [-0.15, -0.1) is 0 Å². The maximum Gasteiger partial charge on any atom is 0.360 e. The topological polar surface area (TPSA) is 79.4 Å². The predicted octanol–water partition coefficient (Wildman–Crippen LogP) is 1.94. The van der Waals surface area contributed by atoms with E-state index in [4.69, 9.17) is 15.2 Å². The Morgan fingerprint density at radius 3 is 2.68 bits per heavy atom. The van der Waals surface area contributed by atoms with Gasteiger partial charge in [0, 0.05) is 7.11 Å². The lowest BCUT2D eigenvalue weighted by atomic mass is 10.1. The Bertz CT molecular complexity index is 423. The molecule has 2 N–H and O–H groups in total. The van der Waals surface area contributed by atoms with Crippen LogP contribution in [0.4, 0.5) is 5.82 Å². The summed E-state index contributed by atoms with van der Waals surface area (Å²) in [5, 5.41) is 0. The first-order chi connectivity index (χ1) is 9.06. The van der Waals surface area contributed by atoms with Crippen molar-refractivity contribution in [2.75, 3.05) is 26.1 Å². The maximum absolute atomic E-state index is 11.8. The van der Waals surface area contributed by atoms with Crippen molar-refractivity contribution in [3.05, 3.63) is 11.5 Å². The molecular weight excluding hydrogens is 246 g/mol. The van der Waals surface area contributed by atoms with Gasteiger partial charge in [0.1, 0.15) is 11.6 Å². The Hall–Kier alpha value is -1.56. The van der Waals surface area contributed by atoms with Crippen LogP contribution in [0, 0.1) is 6.92 Å². The van der Waals surface area contributed by atoms with Crippen LogP contribution in [0.2, 0.25) is 0 Å². The lowest BCUT2D eigenvalue weighted by molar-refractivity contribution is 0.0521. The molecule has 0 bridgehead atoms. The van der Waals surface area contributed by atoms with Crippen molar-refractivity contribution in [2.24, 2.45) is 0 Å². The van der Waals surface area contributed by atoms with Crippen molar-refractivity contribution < 1.29 is 14.3 Å². The first kappa shape index (κ1) is 15.5. The number of nitrogens with zero attached hydrogens (tertiary/aromatic N) is 2. The van der Waals surface area contributed by atoms with Crippen molar-refractivity contribution in [2.45, 2.75) is 39.7 Å². The molecular formula is C13H23N3O3. The van der Waals surface area contributed by atoms with Crippen LogP contribution in [0.1, 0.15) is 49.0 Å². The number of aryl methyl sites for hydroxylation is 1. The van der Waals surface area contributed by atoms with Crippen molar-refractivity contribution in [1.29, 1.82) is 0 Å². The van der Waals surface area contributed by atoms with E-state index in [1.807, 2.05) is 11.5 Å². The molecule has 0 aromatic carbocycles. The molecule has 1 unspecified atom stereocenters. The van der Waals surface area contributed by atoms with Gasteiger partial charge in [-0.25, -0.2) is 9.78 Å². The fourth-order valence-corrected chi connectivity index (χ4v) is 2.18. The fourth-order valence-electron chi connectivity index (χ4n) is 2.18. The molecule has 0 aliphatic carbocycles. The number of hydrogen-bond acceptors (Lipinski definition) is 5. The Balaban J connectivity index is 3.09. The van der Waals surface area contributed by atoms with E-state index in [0.717, 1.165) is 12.8 Å². The molecule has 1 atom stereocenters. The molecule has 0 fully saturated rings. The normalized spacial score (nSPS) is 12.4. The molecule has 0 aliphatic rings. The average Bonchev–Trinajstić information content (AvgIpc) is 2.65. The summed E-state index contributed by atoms with van der Waals surface area (Å²) in [6, 6.07) is 0.0886. The molecule has 1 rings (SSSR count). The zero-order valence-electron chi connectivity index (χ0n) is 12.1. The van der Waals surface area contributed by atoms with Crippen molar-refractivity contribution in [1.82, 2.24) is 9.55 Å². The third kappa shape index (κ3) is 3.47. The van der Waals surface area contributed by atoms with Gasteiger partial charge in [-0.05, 0) is 20.3 Å². The Labute approximate surface area is 113 Å². The quantitative estimate of drug-likeness (QED) is 0.765. The van der Waals surface area contributed by atoms with Gasteiger partial charge in [0.05, 0.1) is 19.3 Å². The van der Waals surface area contributed by atoms with Gasteiger partial charge >= 0.3 is 5.97 Å². The molecule has 0 saturated carbocycles. The zero-order chi connectivity index (χ0) is 14.4. The Morgan fingerprint density at radius 2 is 2.16 bits per heavy atom. The fraction of sp³-hybridized carbons (Fsp3) is 0.692. The van der Waals surface area contributed by atoms with Crippen LogP contribution in [0.3, 0.4) is 0 Å². The summed E-state index contributed by atoms with van der Waals surface area (Å²) in [4.78, 5) is 16.0. The van der Waals surface area contributed by atoms with Gasteiger partial charge in [-0.1, -0.05) is 13.3 Å². The van der Waals surface area contributed by atoms with E-state index < -0.39 is 5.97 Å². The number of carbonyl (C=O) groups is 1. The standard InChI is InChI=1S/C13H23N3O3/c1-5-7-10(8-18-4)16-9(3)15-11(12(16)14)13(17)19-6-2/h10H,5-8,14H2,1-4H3. The van der Waals surface area contributed by atoms with Gasteiger partial charge in [-0.3, -0.25) is 0 Å². The largest absolute Gasteiger partial charge is 0.461 e. The van der Waals surface area contributed by atoms with Crippen LogP contribution in [0.25, 0.3) is 0 Å². The SMILES string of the molecule is CCCC(COC)n1c(C)nc(C(=O)OCC)c1N. The lowest BCUT2D eigenvalue weighted by Gasteiger charge is -2.20. The smallest absolute Gasteiger partial charge is 0.360 e. The molecule has 6 heteroatoms. The molecule has 1 aromatic heterocycles. The Morgan fingerprint density at radius 1 is 1.47 bits per heavy atom. The zero-order valence-corrected chi connectivity index (χ0v) is 12.1. The number of methoxy groups -OCH3 is 1. The average molecular weight is 269 g/mol. The van der Waals surface area contributed by atoms with Crippen molar-refractivity contribution in [3.8, 4) is 0 Å². The minimum absolute atomic E-state index is 0.0886. The highest BCUT2D eigenvalue weighted by Crippen LogP contribution is 2.24. The summed E-state index contributed by atoms with van der Waals surface area (Å²) >= 11 is 0. The summed E-state index contributed by atoms with van der Waals surface area (Å²) in [6.07, 6.45) is 1.91. The number of hydrogen-bond donors (Lipinski definition) is 1. The van der Waals surface area contributed by atoms with E-state index in [0.29, 0.717) is 24.9 Å². The number of imidazole rings is 1. The number of anilines is 1. The highest BCUT2D eigenvalue weighted by molar-refractivity contribution is 5.92. The highest BCUT2D eigenvalue weighted by atomic mass is 16.5. The molecule has 19 heavy (non-hydrogen) atoms. The number of carbonyl (C=O) groups excluding carboxylic acids is 1. The summed E-state index contributed by atoms with van der Waals surface area (Å²) in [5.74, 6) is 0.581. The van der Waals surface area contributed by atoms with E-state index in [-0.39, 0.29) is 11.7 Å². The second kappa shape index (κ2) is 7.13. The van der Waals surface area contributed by atoms with E-state index in [1.165, 1.54) is 0 Å². The molecule has 0 radical (unpaired) electrons. The first-order valence-corrected chi connectivity index (χ1v) is 6.57. The van der Waals surface area contributed by atoms with Crippen LogP contribution < -0.4 is 5.73 Å². The molecule has 0 aliphatic heterocycles. The third-order valence-corrected chi connectivity index (χ3v) is 2.94. The lowest BCUT2D eigenvalue weighted by Crippen LogP contribution is -2.18. The summed E-state index contributed by atoms with van der Waals surface area (Å²) in [7, 11) is 1.65. The number of esters is 1. The number of ether oxygens (including phenoxy) is 2. The third-order valence-electron chi connectivity index (χ3n) is 2.94. The number of nitrogens with two attached hydrogens (primary N) is 1. The van der Waals surface area contributed by atoms with E-state index in [1.54, 1.807) is 14.0 Å². The van der Waals surface area contributed by atoms with E-state index in [2.05, 4.69) is 11.9 Å². The highest BCUT2D eigenvalue weighted by Gasteiger charge is 2.23. The van der Waals surface area contributed by atoms with Gasteiger partial charge in [-0.2, -0.15) is 0 Å². The van der Waals surface area contributed by atoms with E-state index >= 15 is 0 Å². The van der Waals surface area contributed by atoms with Crippen LogP contribution in [0.5, 0.6) is 0 Å². The molecule has 1 heterocycles. The molecule has 6 nitrogen and oxygen atoms in total. The second-order valence-electron chi connectivity index (χ2n) is 4.38. The molecule has 1 aromatic rings. The minimum atomic E-state index is -0.477. The monoisotopic (exact) mass is 269 g/mol. The van der Waals surface area contributed by atoms with Gasteiger partial charge in [0.2, 0.25) is 0 Å². The van der Waals surface area contributed by atoms with Gasteiger partial charge < -0.3 is 19.8 Å². The number of rotatable bonds is 7. The summed E-state index contributed by atoms with van der Waals surface area (Å²) in [6.45, 7) is 6.52. The summed E-state index contributed by atoms with van der Waals surface area (Å²) in [5.41, 5.74) is 6.23. The maximum atomic E-state index is 11.8. The van der Waals surface area contributed by atoms with Crippen LogP contribution in [-0.4, -0.2) is 35.8 Å². The minimum Gasteiger partial charge on any atom is -0.461 e. The molecule has 0 saturated heterocycles. The first-order valence-electron chi connectivity index (χ1n) is 6.57. The van der Waals surface area contributed by atoms with E-state index in [9.17, 15) is 4.79 Å². The molecule has 0 spiro atoms. The predicted molar refractivity (Wildman–Crippen MR) is 73.2 cm³/mol. The second-order valence-corrected chi connectivity index (χ2v) is 4.38. The van der Waals surface area contributed by atoms with Crippen LogP contribution >= 0.6 is 0 Å². The van der Waals surface area contributed by atoms with Gasteiger partial charge in [0.25, 0.3) is 0 Å². The molecule has 0 amide bonds. The van der Waals surface area contributed by atoms with Crippen LogP contribution in [0.15, 0.2) is 0 Å². The van der Waals surface area contributed by atoms with Crippen molar-refractivity contribution in [3.63, 3.8) is 0 Å². The number of aromatic nitrogens is 2. The Kier molecular flexibility index (Phi) is 5.82. The summed E-state index contributed by atoms with van der Waals surface area (Å²) < 4.78 is 12.0. The van der Waals surface area contributed by atoms with Gasteiger partial charge in [0.15, 0.2) is 5.69 Å². The number of nitrogen functional groups attached to an aromatic ring is 1. The molecule has 108 valence electrons.